The van der Waals surface area contributed by atoms with Gasteiger partial charge in [0.1, 0.15) is 19.3 Å². The van der Waals surface area contributed by atoms with Crippen molar-refractivity contribution < 1.29 is 19.0 Å². The van der Waals surface area contributed by atoms with Gasteiger partial charge < -0.3 is 24.8 Å². The van der Waals surface area contributed by atoms with Crippen LogP contribution in [0.3, 0.4) is 0 Å². The second kappa shape index (κ2) is 7.17. The molecular weight excluding hydrogens is 319 g/mol. The summed E-state index contributed by atoms with van der Waals surface area (Å²) in [6.45, 7) is 2.62. The van der Waals surface area contributed by atoms with Crippen molar-refractivity contribution >= 4 is 35.6 Å². The molecule has 1 saturated heterocycles. The van der Waals surface area contributed by atoms with Crippen molar-refractivity contribution in [2.24, 2.45) is 0 Å². The number of hydrogen-bond acceptors (Lipinski definition) is 5. The first-order valence-corrected chi connectivity index (χ1v) is 6.83. The first-order valence-electron chi connectivity index (χ1n) is 6.45. The van der Waals surface area contributed by atoms with Crippen LogP contribution in [0.4, 0.5) is 5.69 Å². The topological polar surface area (TPSA) is 68.8 Å². The fourth-order valence-corrected chi connectivity index (χ4v) is 2.31. The van der Waals surface area contributed by atoms with Gasteiger partial charge in [0, 0.05) is 18.7 Å². The van der Waals surface area contributed by atoms with E-state index < -0.39 is 0 Å². The Kier molecular flexibility index (Phi) is 5.52. The molecule has 0 bridgehead atoms. The van der Waals surface area contributed by atoms with Gasteiger partial charge in [0.2, 0.25) is 5.91 Å². The number of morpholine rings is 1. The molecule has 8 heteroatoms. The lowest BCUT2D eigenvalue weighted by atomic mass is 10.2. The van der Waals surface area contributed by atoms with E-state index in [1.54, 1.807) is 12.1 Å². The van der Waals surface area contributed by atoms with Gasteiger partial charge in [-0.2, -0.15) is 0 Å². The van der Waals surface area contributed by atoms with Crippen LogP contribution in [0, 0.1) is 0 Å². The lowest BCUT2D eigenvalue weighted by Gasteiger charge is -2.24. The maximum atomic E-state index is 12.1. The predicted molar refractivity (Wildman–Crippen MR) is 80.9 cm³/mol. The highest BCUT2D eigenvalue weighted by Gasteiger charge is 2.23. The molecule has 21 heavy (non-hydrogen) atoms. The number of ether oxygens (including phenoxy) is 3. The van der Waals surface area contributed by atoms with E-state index in [1.165, 1.54) is 0 Å². The van der Waals surface area contributed by atoms with E-state index >= 15 is 0 Å². The molecule has 1 atom stereocenters. The Morgan fingerprint density at radius 2 is 1.95 bits per heavy atom. The van der Waals surface area contributed by atoms with Crippen LogP contribution in [0.2, 0.25) is 5.02 Å². The SMILES string of the molecule is Cl.O=C(Nc1cc2c(cc1Cl)OCCO2)C1COCCN1. The predicted octanol–water partition coefficient (Wildman–Crippen LogP) is 1.46. The summed E-state index contributed by atoms with van der Waals surface area (Å²) in [6.07, 6.45) is 0. The molecule has 1 fully saturated rings. The molecule has 116 valence electrons. The van der Waals surface area contributed by atoms with E-state index in [4.69, 9.17) is 25.8 Å². The molecule has 3 rings (SSSR count). The zero-order valence-electron chi connectivity index (χ0n) is 11.2. The zero-order valence-corrected chi connectivity index (χ0v) is 12.8. The summed E-state index contributed by atoms with van der Waals surface area (Å²) in [5.74, 6) is 1.01. The quantitative estimate of drug-likeness (QED) is 0.856. The molecule has 2 aliphatic heterocycles. The average Bonchev–Trinajstić information content (AvgIpc) is 2.49. The molecule has 1 aromatic carbocycles. The van der Waals surface area contributed by atoms with Crippen molar-refractivity contribution in [2.45, 2.75) is 6.04 Å². The standard InChI is InChI=1S/C13H15ClN2O4.ClH/c14-8-5-11-12(20-4-3-19-11)6-9(8)16-13(17)10-7-18-2-1-15-10;/h5-6,10,15H,1-4,7H2,(H,16,17);1H. The van der Waals surface area contributed by atoms with E-state index in [1.807, 2.05) is 0 Å². The lowest BCUT2D eigenvalue weighted by Crippen LogP contribution is -2.48. The van der Waals surface area contributed by atoms with Crippen LogP contribution in [0.15, 0.2) is 12.1 Å². The molecule has 0 aliphatic carbocycles. The number of rotatable bonds is 2. The summed E-state index contributed by atoms with van der Waals surface area (Å²) >= 11 is 6.14. The van der Waals surface area contributed by atoms with E-state index in [0.29, 0.717) is 55.2 Å². The summed E-state index contributed by atoms with van der Waals surface area (Å²) in [4.78, 5) is 12.1. The minimum Gasteiger partial charge on any atom is -0.486 e. The van der Waals surface area contributed by atoms with Gasteiger partial charge in [0.05, 0.1) is 23.9 Å². The normalized spacial score (nSPS) is 20.3. The summed E-state index contributed by atoms with van der Waals surface area (Å²) < 4.78 is 16.2. The van der Waals surface area contributed by atoms with Crippen molar-refractivity contribution in [3.8, 4) is 11.5 Å². The van der Waals surface area contributed by atoms with Crippen molar-refractivity contribution in [3.05, 3.63) is 17.2 Å². The number of carbonyl (C=O) groups excluding carboxylic acids is 1. The Labute approximate surface area is 133 Å². The fraction of sp³-hybridized carbons (Fsp3) is 0.462. The van der Waals surface area contributed by atoms with Crippen molar-refractivity contribution in [2.75, 3.05) is 38.3 Å². The van der Waals surface area contributed by atoms with Gasteiger partial charge in [-0.25, -0.2) is 0 Å². The van der Waals surface area contributed by atoms with Crippen LogP contribution < -0.4 is 20.1 Å². The fourth-order valence-electron chi connectivity index (χ4n) is 2.11. The lowest BCUT2D eigenvalue weighted by molar-refractivity contribution is -0.120. The number of anilines is 1. The van der Waals surface area contributed by atoms with Gasteiger partial charge in [-0.3, -0.25) is 4.79 Å². The number of halogens is 2. The molecule has 2 N–H and O–H groups in total. The Morgan fingerprint density at radius 1 is 1.24 bits per heavy atom. The highest BCUT2D eigenvalue weighted by molar-refractivity contribution is 6.34. The Hall–Kier alpha value is -1.21. The van der Waals surface area contributed by atoms with E-state index in [0.717, 1.165) is 0 Å². The van der Waals surface area contributed by atoms with Gasteiger partial charge in [-0.05, 0) is 0 Å². The zero-order chi connectivity index (χ0) is 13.9. The van der Waals surface area contributed by atoms with Gasteiger partial charge in [-0.15, -0.1) is 12.4 Å². The largest absolute Gasteiger partial charge is 0.486 e. The third-order valence-electron chi connectivity index (χ3n) is 3.13. The first kappa shape index (κ1) is 16.2. The third kappa shape index (κ3) is 3.71. The number of carbonyl (C=O) groups is 1. The molecule has 0 aromatic heterocycles. The number of benzene rings is 1. The summed E-state index contributed by atoms with van der Waals surface area (Å²) in [5, 5.41) is 6.28. The van der Waals surface area contributed by atoms with Gasteiger partial charge >= 0.3 is 0 Å². The van der Waals surface area contributed by atoms with Gasteiger partial charge in [0.15, 0.2) is 11.5 Å². The highest BCUT2D eigenvalue weighted by Crippen LogP contribution is 2.37. The minimum absolute atomic E-state index is 0. The molecule has 1 aromatic rings. The number of amides is 1. The van der Waals surface area contributed by atoms with Crippen LogP contribution >= 0.6 is 24.0 Å². The summed E-state index contributed by atoms with van der Waals surface area (Å²) in [5.41, 5.74) is 0.508. The molecule has 2 aliphatic rings. The maximum absolute atomic E-state index is 12.1. The van der Waals surface area contributed by atoms with Crippen LogP contribution in [0.1, 0.15) is 0 Å². The molecule has 2 heterocycles. The summed E-state index contributed by atoms with van der Waals surface area (Å²) in [7, 11) is 0. The first-order chi connectivity index (χ1) is 9.74. The Morgan fingerprint density at radius 3 is 2.62 bits per heavy atom. The van der Waals surface area contributed by atoms with E-state index in [-0.39, 0.29) is 24.4 Å². The third-order valence-corrected chi connectivity index (χ3v) is 3.44. The van der Waals surface area contributed by atoms with Gasteiger partial charge in [0.25, 0.3) is 0 Å². The maximum Gasteiger partial charge on any atom is 0.243 e. The smallest absolute Gasteiger partial charge is 0.243 e. The van der Waals surface area contributed by atoms with Crippen LogP contribution in [-0.2, 0) is 9.53 Å². The van der Waals surface area contributed by atoms with Crippen molar-refractivity contribution in [1.82, 2.24) is 5.32 Å². The second-order valence-electron chi connectivity index (χ2n) is 4.55. The molecule has 0 radical (unpaired) electrons. The number of hydrogen-bond donors (Lipinski definition) is 2. The Balaban J connectivity index is 0.00000161. The molecule has 6 nitrogen and oxygen atoms in total. The van der Waals surface area contributed by atoms with Crippen molar-refractivity contribution in [3.63, 3.8) is 0 Å². The monoisotopic (exact) mass is 334 g/mol. The average molecular weight is 335 g/mol. The molecule has 0 spiro atoms. The highest BCUT2D eigenvalue weighted by atomic mass is 35.5. The summed E-state index contributed by atoms with van der Waals surface area (Å²) in [6, 6.07) is 2.96. The number of nitrogens with one attached hydrogen (secondary N) is 2. The van der Waals surface area contributed by atoms with Gasteiger partial charge in [-0.1, -0.05) is 11.6 Å². The van der Waals surface area contributed by atoms with Crippen molar-refractivity contribution in [1.29, 1.82) is 0 Å². The number of fused-ring (bicyclic) bond motifs is 1. The van der Waals surface area contributed by atoms with Crippen LogP contribution in [0.25, 0.3) is 0 Å². The minimum atomic E-state index is -0.368. The van der Waals surface area contributed by atoms with Crippen LogP contribution in [-0.4, -0.2) is 44.9 Å². The molecule has 1 amide bonds. The molecule has 1 unspecified atom stereocenters. The molecule has 0 saturated carbocycles. The van der Waals surface area contributed by atoms with E-state index in [9.17, 15) is 4.79 Å². The molecular formula is C13H16Cl2N2O4. The van der Waals surface area contributed by atoms with Crippen LogP contribution in [0.5, 0.6) is 11.5 Å². The Bertz CT molecular complexity index is 521. The van der Waals surface area contributed by atoms with E-state index in [2.05, 4.69) is 10.6 Å². The second-order valence-corrected chi connectivity index (χ2v) is 4.95.